The van der Waals surface area contributed by atoms with Gasteiger partial charge in [-0.15, -0.1) is 0 Å². The molecular formula is C16H23NO. The Morgan fingerprint density at radius 1 is 1.06 bits per heavy atom. The highest BCUT2D eigenvalue weighted by atomic mass is 16.3. The van der Waals surface area contributed by atoms with E-state index in [1.807, 2.05) is 6.07 Å². The van der Waals surface area contributed by atoms with Crippen molar-refractivity contribution in [1.29, 1.82) is 0 Å². The number of hydrogen-bond donors (Lipinski definition) is 1. The van der Waals surface area contributed by atoms with Crippen LogP contribution >= 0.6 is 0 Å². The Morgan fingerprint density at radius 2 is 1.83 bits per heavy atom. The molecule has 1 N–H and O–H groups in total. The Morgan fingerprint density at radius 3 is 2.61 bits per heavy atom. The van der Waals surface area contributed by atoms with E-state index in [2.05, 4.69) is 23.1 Å². The molecule has 0 spiro atoms. The minimum Gasteiger partial charge on any atom is -0.392 e. The fourth-order valence-corrected chi connectivity index (χ4v) is 3.85. The summed E-state index contributed by atoms with van der Waals surface area (Å²) in [5.74, 6) is 0.888. The number of para-hydroxylation sites is 1. The zero-order valence-corrected chi connectivity index (χ0v) is 11.0. The highest BCUT2D eigenvalue weighted by Crippen LogP contribution is 2.38. The number of benzene rings is 1. The van der Waals surface area contributed by atoms with Crippen molar-refractivity contribution >= 4 is 5.69 Å². The third-order valence-electron chi connectivity index (χ3n) is 4.71. The van der Waals surface area contributed by atoms with Crippen LogP contribution in [-0.4, -0.2) is 17.7 Å². The summed E-state index contributed by atoms with van der Waals surface area (Å²) >= 11 is 0. The lowest BCUT2D eigenvalue weighted by Gasteiger charge is -2.32. The predicted octanol–water partition coefficient (Wildman–Crippen LogP) is 3.34. The zero-order valence-electron chi connectivity index (χ0n) is 11.0. The van der Waals surface area contributed by atoms with E-state index < -0.39 is 0 Å². The highest BCUT2D eigenvalue weighted by molar-refractivity contribution is 5.55. The lowest BCUT2D eigenvalue weighted by atomic mass is 9.95. The van der Waals surface area contributed by atoms with Crippen LogP contribution in [0.2, 0.25) is 0 Å². The molecule has 1 aliphatic carbocycles. The van der Waals surface area contributed by atoms with E-state index in [0.29, 0.717) is 0 Å². The Kier molecular flexibility index (Phi) is 3.55. The Hall–Kier alpha value is -1.02. The topological polar surface area (TPSA) is 23.5 Å². The lowest BCUT2D eigenvalue weighted by Crippen LogP contribution is -2.35. The standard InChI is InChI=1S/C16H23NO/c18-12-14-8-3-4-9-16(14)17-11-5-10-15(17)13-6-1-2-7-13/h3-4,8-9,13,15,18H,1-2,5-7,10-12H2. The van der Waals surface area contributed by atoms with Crippen LogP contribution in [0.25, 0.3) is 0 Å². The fraction of sp³-hybridized carbons (Fsp3) is 0.625. The quantitative estimate of drug-likeness (QED) is 0.883. The van der Waals surface area contributed by atoms with Crippen molar-refractivity contribution in [3.8, 4) is 0 Å². The van der Waals surface area contributed by atoms with E-state index >= 15 is 0 Å². The van der Waals surface area contributed by atoms with Crippen LogP contribution in [0, 0.1) is 5.92 Å². The predicted molar refractivity (Wildman–Crippen MR) is 74.7 cm³/mol. The number of aliphatic hydroxyl groups is 1. The second-order valence-electron chi connectivity index (χ2n) is 5.73. The Balaban J connectivity index is 1.85. The van der Waals surface area contributed by atoms with Gasteiger partial charge in [0.2, 0.25) is 0 Å². The molecule has 1 atom stereocenters. The molecule has 2 aliphatic rings. The summed E-state index contributed by atoms with van der Waals surface area (Å²) in [7, 11) is 0. The molecule has 1 unspecified atom stereocenters. The van der Waals surface area contributed by atoms with Crippen molar-refractivity contribution in [3.05, 3.63) is 29.8 Å². The largest absolute Gasteiger partial charge is 0.392 e. The number of aliphatic hydroxyl groups excluding tert-OH is 1. The second kappa shape index (κ2) is 5.31. The summed E-state index contributed by atoms with van der Waals surface area (Å²) in [6, 6.07) is 9.08. The van der Waals surface area contributed by atoms with Crippen molar-refractivity contribution in [2.45, 2.75) is 51.2 Å². The van der Waals surface area contributed by atoms with Gasteiger partial charge in [-0.05, 0) is 37.7 Å². The molecule has 3 rings (SSSR count). The van der Waals surface area contributed by atoms with Gasteiger partial charge in [-0.1, -0.05) is 31.0 Å². The van der Waals surface area contributed by atoms with Gasteiger partial charge in [0.05, 0.1) is 6.61 Å². The SMILES string of the molecule is OCc1ccccc1N1CCCC1C1CCCC1. The molecule has 1 aromatic rings. The molecule has 0 aromatic heterocycles. The smallest absolute Gasteiger partial charge is 0.0702 e. The Bertz CT molecular complexity index is 398. The molecule has 1 aliphatic heterocycles. The molecule has 0 bridgehead atoms. The molecule has 2 fully saturated rings. The Labute approximate surface area is 110 Å². The van der Waals surface area contributed by atoms with Gasteiger partial charge in [0.15, 0.2) is 0 Å². The van der Waals surface area contributed by atoms with Crippen LogP contribution in [-0.2, 0) is 6.61 Å². The molecule has 0 radical (unpaired) electrons. The van der Waals surface area contributed by atoms with E-state index in [1.165, 1.54) is 44.2 Å². The van der Waals surface area contributed by atoms with Crippen LogP contribution in [0.4, 0.5) is 5.69 Å². The first-order valence-electron chi connectivity index (χ1n) is 7.35. The third-order valence-corrected chi connectivity index (χ3v) is 4.71. The number of anilines is 1. The maximum Gasteiger partial charge on any atom is 0.0702 e. The minimum atomic E-state index is 0.157. The molecule has 1 aromatic carbocycles. The van der Waals surface area contributed by atoms with Crippen LogP contribution in [0.5, 0.6) is 0 Å². The van der Waals surface area contributed by atoms with E-state index in [0.717, 1.165) is 24.1 Å². The van der Waals surface area contributed by atoms with Crippen LogP contribution in [0.15, 0.2) is 24.3 Å². The van der Waals surface area contributed by atoms with E-state index in [9.17, 15) is 5.11 Å². The second-order valence-corrected chi connectivity index (χ2v) is 5.73. The summed E-state index contributed by atoms with van der Waals surface area (Å²) < 4.78 is 0. The third kappa shape index (κ3) is 2.14. The maximum absolute atomic E-state index is 9.50. The summed E-state index contributed by atoms with van der Waals surface area (Å²) in [5.41, 5.74) is 2.36. The van der Waals surface area contributed by atoms with E-state index in [4.69, 9.17) is 0 Å². The number of rotatable bonds is 3. The normalized spacial score (nSPS) is 24.9. The van der Waals surface area contributed by atoms with Gasteiger partial charge >= 0.3 is 0 Å². The lowest BCUT2D eigenvalue weighted by molar-refractivity contribution is 0.281. The molecular weight excluding hydrogens is 222 g/mol. The van der Waals surface area contributed by atoms with Gasteiger partial charge < -0.3 is 10.0 Å². The molecule has 1 saturated carbocycles. The first-order chi connectivity index (χ1) is 8.90. The number of hydrogen-bond acceptors (Lipinski definition) is 2. The molecule has 2 heteroatoms. The van der Waals surface area contributed by atoms with E-state index in [-0.39, 0.29) is 6.61 Å². The summed E-state index contributed by atoms with van der Waals surface area (Å²) in [6.07, 6.45) is 8.28. The maximum atomic E-state index is 9.50. The van der Waals surface area contributed by atoms with Crippen molar-refractivity contribution in [1.82, 2.24) is 0 Å². The van der Waals surface area contributed by atoms with Crippen molar-refractivity contribution in [2.24, 2.45) is 5.92 Å². The molecule has 1 heterocycles. The summed E-state index contributed by atoms with van der Waals surface area (Å²) in [4.78, 5) is 2.57. The van der Waals surface area contributed by atoms with Gasteiger partial charge in [0.25, 0.3) is 0 Å². The van der Waals surface area contributed by atoms with Gasteiger partial charge in [0.1, 0.15) is 0 Å². The summed E-state index contributed by atoms with van der Waals surface area (Å²) in [5, 5.41) is 9.50. The van der Waals surface area contributed by atoms with Crippen LogP contribution < -0.4 is 4.90 Å². The number of nitrogens with zero attached hydrogens (tertiary/aromatic N) is 1. The monoisotopic (exact) mass is 245 g/mol. The minimum absolute atomic E-state index is 0.157. The van der Waals surface area contributed by atoms with Gasteiger partial charge in [-0.3, -0.25) is 0 Å². The molecule has 98 valence electrons. The van der Waals surface area contributed by atoms with Gasteiger partial charge in [0, 0.05) is 23.8 Å². The fourth-order valence-electron chi connectivity index (χ4n) is 3.85. The molecule has 1 saturated heterocycles. The van der Waals surface area contributed by atoms with Crippen LogP contribution in [0.3, 0.4) is 0 Å². The van der Waals surface area contributed by atoms with Crippen molar-refractivity contribution in [3.63, 3.8) is 0 Å². The molecule has 18 heavy (non-hydrogen) atoms. The zero-order chi connectivity index (χ0) is 12.4. The van der Waals surface area contributed by atoms with Gasteiger partial charge in [-0.2, -0.15) is 0 Å². The van der Waals surface area contributed by atoms with Crippen molar-refractivity contribution in [2.75, 3.05) is 11.4 Å². The van der Waals surface area contributed by atoms with E-state index in [1.54, 1.807) is 0 Å². The van der Waals surface area contributed by atoms with Crippen molar-refractivity contribution < 1.29 is 5.11 Å². The average Bonchev–Trinajstić information content (AvgIpc) is 3.09. The van der Waals surface area contributed by atoms with Crippen LogP contribution in [0.1, 0.15) is 44.1 Å². The first-order valence-corrected chi connectivity index (χ1v) is 7.35. The average molecular weight is 245 g/mol. The molecule has 0 amide bonds. The van der Waals surface area contributed by atoms with Gasteiger partial charge in [-0.25, -0.2) is 0 Å². The first kappa shape index (κ1) is 12.0. The molecule has 2 nitrogen and oxygen atoms in total. The summed E-state index contributed by atoms with van der Waals surface area (Å²) in [6.45, 7) is 1.32. The highest BCUT2D eigenvalue weighted by Gasteiger charge is 2.33.